The Morgan fingerprint density at radius 3 is 1.81 bits per heavy atom. The van der Waals surface area contributed by atoms with Crippen LogP contribution in [0.4, 0.5) is 0 Å². The van der Waals surface area contributed by atoms with Gasteiger partial charge < -0.3 is 4.43 Å². The molecular weight excluding hydrogens is 414 g/mol. The van der Waals surface area contributed by atoms with Gasteiger partial charge >= 0.3 is 8.32 Å². The molecule has 0 aliphatic heterocycles. The van der Waals surface area contributed by atoms with E-state index in [0.717, 1.165) is 11.4 Å². The molecule has 0 spiro atoms. The van der Waals surface area contributed by atoms with E-state index < -0.39 is 8.32 Å². The van der Waals surface area contributed by atoms with Gasteiger partial charge in [0, 0.05) is 6.20 Å². The minimum absolute atomic E-state index is 0.0711. The van der Waals surface area contributed by atoms with E-state index in [1.807, 2.05) is 18.3 Å². The van der Waals surface area contributed by atoms with E-state index in [1.165, 1.54) is 10.4 Å². The zero-order valence-electron chi connectivity index (χ0n) is 16.3. The lowest BCUT2D eigenvalue weighted by Gasteiger charge is -2.43. The molecule has 27 heavy (non-hydrogen) atoms. The van der Waals surface area contributed by atoms with Crippen LogP contribution in [0, 0.1) is 0 Å². The summed E-state index contributed by atoms with van der Waals surface area (Å²) >= 11 is 3.68. The van der Waals surface area contributed by atoms with Crippen LogP contribution in [0.25, 0.3) is 0 Å². The van der Waals surface area contributed by atoms with Crippen LogP contribution in [0.3, 0.4) is 0 Å². The minimum Gasteiger partial charge on any atom is -0.533 e. The second-order valence-corrected chi connectivity index (χ2v) is 13.4. The van der Waals surface area contributed by atoms with Crippen molar-refractivity contribution < 1.29 is 4.43 Å². The first-order chi connectivity index (χ1) is 12.9. The van der Waals surface area contributed by atoms with Gasteiger partial charge in [-0.3, -0.25) is 4.98 Å². The number of benzene rings is 2. The summed E-state index contributed by atoms with van der Waals surface area (Å²) in [6.07, 6.45) is 1.82. The van der Waals surface area contributed by atoms with E-state index in [4.69, 9.17) is 4.43 Å². The number of nitrogens with zero attached hydrogens (tertiary/aromatic N) is 1. The fourth-order valence-corrected chi connectivity index (χ4v) is 8.38. The first-order valence-corrected chi connectivity index (χ1v) is 12.1. The molecule has 1 aromatic heterocycles. The Labute approximate surface area is 171 Å². The molecule has 1 unspecified atom stereocenters. The van der Waals surface area contributed by atoms with Gasteiger partial charge in [-0.2, -0.15) is 0 Å². The number of hydrogen-bond acceptors (Lipinski definition) is 2. The average molecular weight is 440 g/mol. The van der Waals surface area contributed by atoms with E-state index in [1.54, 1.807) is 0 Å². The van der Waals surface area contributed by atoms with Crippen molar-refractivity contribution in [1.29, 1.82) is 0 Å². The third-order valence-electron chi connectivity index (χ3n) is 4.86. The van der Waals surface area contributed by atoms with Crippen molar-refractivity contribution >= 4 is 34.6 Å². The Morgan fingerprint density at radius 1 is 0.852 bits per heavy atom. The number of hydrogen-bond donors (Lipinski definition) is 0. The molecule has 0 amide bonds. The smallest absolute Gasteiger partial charge is 0.320 e. The molecular formula is C23H26BrNOSi. The summed E-state index contributed by atoms with van der Waals surface area (Å²) in [6.45, 7) is 8.94. The summed E-state index contributed by atoms with van der Waals surface area (Å²) in [5.74, 6) is 0.858. The molecule has 0 saturated heterocycles. The Bertz CT molecular complexity index is 836. The van der Waals surface area contributed by atoms with Crippen LogP contribution >= 0.6 is 15.9 Å². The summed E-state index contributed by atoms with van der Waals surface area (Å²) in [7, 11) is -2.63. The molecule has 0 fully saturated rings. The second-order valence-electron chi connectivity index (χ2n) is 7.77. The number of halogens is 1. The molecule has 0 aliphatic carbocycles. The van der Waals surface area contributed by atoms with Gasteiger partial charge in [-0.15, -0.1) is 0 Å². The van der Waals surface area contributed by atoms with Crippen molar-refractivity contribution in [3.8, 4) is 5.75 Å². The highest BCUT2D eigenvalue weighted by molar-refractivity contribution is 9.09. The molecule has 3 aromatic rings. The Kier molecular flexibility index (Phi) is 5.87. The van der Waals surface area contributed by atoms with Crippen molar-refractivity contribution in [2.24, 2.45) is 0 Å². The van der Waals surface area contributed by atoms with Crippen molar-refractivity contribution in [2.45, 2.75) is 37.6 Å². The molecule has 0 bridgehead atoms. The van der Waals surface area contributed by atoms with E-state index in [2.05, 4.69) is 109 Å². The summed E-state index contributed by atoms with van der Waals surface area (Å²) in [5.41, 5.74) is 0.936. The van der Waals surface area contributed by atoms with Crippen LogP contribution in [0.5, 0.6) is 5.75 Å². The maximum Gasteiger partial charge on any atom is 0.320 e. The molecule has 3 rings (SSSR count). The van der Waals surface area contributed by atoms with Crippen molar-refractivity contribution in [1.82, 2.24) is 4.98 Å². The van der Waals surface area contributed by atoms with Crippen LogP contribution in [-0.2, 0) is 0 Å². The first-order valence-electron chi connectivity index (χ1n) is 9.25. The zero-order chi connectivity index (χ0) is 19.5. The Hall–Kier alpha value is -1.91. The maximum atomic E-state index is 7.08. The summed E-state index contributed by atoms with van der Waals surface area (Å²) < 4.78 is 7.08. The highest BCUT2D eigenvalue weighted by Gasteiger charge is 2.52. The normalized spacial score (nSPS) is 13.2. The van der Waals surface area contributed by atoms with Gasteiger partial charge in [-0.05, 0) is 34.5 Å². The predicted octanol–water partition coefficient (Wildman–Crippen LogP) is 5.48. The van der Waals surface area contributed by atoms with Crippen LogP contribution in [-0.4, -0.2) is 13.3 Å². The highest BCUT2D eigenvalue weighted by atomic mass is 79.9. The summed E-state index contributed by atoms with van der Waals surface area (Å²) in [4.78, 5) is 4.70. The van der Waals surface area contributed by atoms with Crippen LogP contribution in [0.2, 0.25) is 5.04 Å². The molecule has 0 radical (unpaired) electrons. The van der Waals surface area contributed by atoms with Crippen LogP contribution in [0.15, 0.2) is 79.0 Å². The lowest BCUT2D eigenvalue weighted by molar-refractivity contribution is 0.500. The first kappa shape index (κ1) is 19.8. The molecule has 1 atom stereocenters. The van der Waals surface area contributed by atoms with Crippen molar-refractivity contribution in [3.63, 3.8) is 0 Å². The Balaban J connectivity index is 2.28. The molecule has 1 heterocycles. The summed E-state index contributed by atoms with van der Waals surface area (Å²) in [5, 5.41) is 2.46. The third kappa shape index (κ3) is 3.87. The number of aromatic nitrogens is 1. The standard InChI is InChI=1S/C23H26BrNOSi/c1-18(24)22-21(16-11-17-25-22)26-27(23(2,3)4,19-12-7-5-8-13-19)20-14-9-6-10-15-20/h5-18H,1-4H3. The van der Waals surface area contributed by atoms with Gasteiger partial charge in [0.1, 0.15) is 5.75 Å². The third-order valence-corrected chi connectivity index (χ3v) is 10.2. The number of alkyl halides is 1. The van der Waals surface area contributed by atoms with Crippen LogP contribution < -0.4 is 14.8 Å². The monoisotopic (exact) mass is 439 g/mol. The SMILES string of the molecule is CC(Br)c1ncccc1O[Si](c1ccccc1)(c1ccccc1)C(C)(C)C. The largest absolute Gasteiger partial charge is 0.533 e. The predicted molar refractivity (Wildman–Crippen MR) is 120 cm³/mol. The highest BCUT2D eigenvalue weighted by Crippen LogP contribution is 2.39. The molecule has 0 aliphatic rings. The van der Waals surface area contributed by atoms with Crippen molar-refractivity contribution in [2.75, 3.05) is 0 Å². The van der Waals surface area contributed by atoms with E-state index in [9.17, 15) is 0 Å². The molecule has 2 nitrogen and oxygen atoms in total. The quantitative estimate of drug-likeness (QED) is 0.387. The second kappa shape index (κ2) is 7.99. The molecule has 0 saturated carbocycles. The van der Waals surface area contributed by atoms with Gasteiger partial charge in [0.05, 0.1) is 10.5 Å². The van der Waals surface area contributed by atoms with E-state index >= 15 is 0 Å². The van der Waals surface area contributed by atoms with Gasteiger partial charge in [-0.25, -0.2) is 0 Å². The van der Waals surface area contributed by atoms with E-state index in [0.29, 0.717) is 0 Å². The van der Waals surface area contributed by atoms with Crippen LogP contribution in [0.1, 0.15) is 38.2 Å². The van der Waals surface area contributed by atoms with E-state index in [-0.39, 0.29) is 9.87 Å². The van der Waals surface area contributed by atoms with Gasteiger partial charge in [0.15, 0.2) is 0 Å². The topological polar surface area (TPSA) is 22.1 Å². The fraction of sp³-hybridized carbons (Fsp3) is 0.261. The maximum absolute atomic E-state index is 7.08. The Morgan fingerprint density at radius 2 is 1.37 bits per heavy atom. The van der Waals surface area contributed by atoms with Gasteiger partial charge in [0.25, 0.3) is 0 Å². The zero-order valence-corrected chi connectivity index (χ0v) is 18.9. The van der Waals surface area contributed by atoms with Gasteiger partial charge in [-0.1, -0.05) is 97.4 Å². The lowest BCUT2D eigenvalue weighted by Crippen LogP contribution is -2.68. The summed E-state index contributed by atoms with van der Waals surface area (Å²) in [6, 6.07) is 25.4. The van der Waals surface area contributed by atoms with Crippen molar-refractivity contribution in [3.05, 3.63) is 84.7 Å². The number of pyridine rings is 1. The fourth-order valence-electron chi connectivity index (χ4n) is 3.60. The molecule has 0 N–H and O–H groups in total. The molecule has 4 heteroatoms. The van der Waals surface area contributed by atoms with Gasteiger partial charge in [0.2, 0.25) is 0 Å². The molecule has 2 aromatic carbocycles. The molecule has 140 valence electrons. The average Bonchev–Trinajstić information content (AvgIpc) is 2.66. The lowest BCUT2D eigenvalue weighted by atomic mass is 10.2. The number of rotatable bonds is 5. The minimum atomic E-state index is -2.63.